The lowest BCUT2D eigenvalue weighted by molar-refractivity contribution is -0.126. The Balaban J connectivity index is 1.47. The van der Waals surface area contributed by atoms with Gasteiger partial charge in [-0.15, -0.1) is 0 Å². The molecule has 2 atom stereocenters. The number of hydrogen-bond acceptors (Lipinski definition) is 4. The van der Waals surface area contributed by atoms with Crippen molar-refractivity contribution in [3.05, 3.63) is 54.1 Å². The van der Waals surface area contributed by atoms with Gasteiger partial charge in [0.1, 0.15) is 5.75 Å². The molecule has 1 N–H and O–H groups in total. The number of hydrogen-bond donors (Lipinski definition) is 1. The molecule has 1 amide bonds. The minimum atomic E-state index is -0.0204. The first kappa shape index (κ1) is 17.4. The van der Waals surface area contributed by atoms with Gasteiger partial charge in [0.15, 0.2) is 0 Å². The molecule has 1 saturated heterocycles. The van der Waals surface area contributed by atoms with Gasteiger partial charge in [-0.3, -0.25) is 4.79 Å². The molecule has 5 rings (SSSR count). The largest absolute Gasteiger partial charge is 0.497 e. The van der Waals surface area contributed by atoms with Gasteiger partial charge in [-0.05, 0) is 43.0 Å². The lowest BCUT2D eigenvalue weighted by Gasteiger charge is -2.49. The Bertz CT molecular complexity index is 865. The van der Waals surface area contributed by atoms with E-state index in [0.29, 0.717) is 6.04 Å². The molecule has 5 heteroatoms. The van der Waals surface area contributed by atoms with Crippen LogP contribution >= 0.6 is 0 Å². The summed E-state index contributed by atoms with van der Waals surface area (Å²) in [4.78, 5) is 18.0. The summed E-state index contributed by atoms with van der Waals surface area (Å²) in [5.74, 6) is 1.07. The number of anilines is 2. The van der Waals surface area contributed by atoms with E-state index in [9.17, 15) is 4.79 Å². The number of amides is 1. The summed E-state index contributed by atoms with van der Waals surface area (Å²) in [6.45, 7) is 2.73. The van der Waals surface area contributed by atoms with Crippen LogP contribution in [0.3, 0.4) is 0 Å². The minimum Gasteiger partial charge on any atom is -0.497 e. The van der Waals surface area contributed by atoms with Crippen LogP contribution in [0.5, 0.6) is 5.75 Å². The number of nitrogens with one attached hydrogen (secondary N) is 1. The van der Waals surface area contributed by atoms with E-state index in [1.54, 1.807) is 7.11 Å². The van der Waals surface area contributed by atoms with Crippen molar-refractivity contribution in [3.63, 3.8) is 0 Å². The molecule has 2 aromatic rings. The van der Waals surface area contributed by atoms with Crippen molar-refractivity contribution >= 4 is 17.3 Å². The molecule has 0 unspecified atom stereocenters. The van der Waals surface area contributed by atoms with Crippen molar-refractivity contribution in [3.8, 4) is 5.75 Å². The second kappa shape index (κ2) is 7.04. The Morgan fingerprint density at radius 3 is 2.68 bits per heavy atom. The third-order valence-electron chi connectivity index (χ3n) is 6.31. The Kier molecular flexibility index (Phi) is 4.38. The summed E-state index contributed by atoms with van der Waals surface area (Å²) < 4.78 is 5.47. The molecular weight excluding hydrogens is 350 g/mol. The Labute approximate surface area is 166 Å². The zero-order valence-electron chi connectivity index (χ0n) is 16.3. The van der Waals surface area contributed by atoms with Crippen molar-refractivity contribution in [1.29, 1.82) is 0 Å². The predicted octanol–water partition coefficient (Wildman–Crippen LogP) is 2.84. The molecule has 0 spiro atoms. The normalized spacial score (nSPS) is 23.6. The minimum absolute atomic E-state index is 0.0204. The highest BCUT2D eigenvalue weighted by Crippen LogP contribution is 2.39. The van der Waals surface area contributed by atoms with Crippen LogP contribution < -0.4 is 19.9 Å². The second-order valence-corrected chi connectivity index (χ2v) is 8.13. The molecule has 0 radical (unpaired) electrons. The van der Waals surface area contributed by atoms with Crippen LogP contribution in [0, 0.1) is 5.92 Å². The van der Waals surface area contributed by atoms with E-state index in [0.717, 1.165) is 44.6 Å². The van der Waals surface area contributed by atoms with Crippen molar-refractivity contribution in [2.45, 2.75) is 31.3 Å². The van der Waals surface area contributed by atoms with Crippen LogP contribution in [0.25, 0.3) is 0 Å². The summed E-state index contributed by atoms with van der Waals surface area (Å²) in [7, 11) is 1.71. The molecular formula is C23H27N3O2. The van der Waals surface area contributed by atoms with Gasteiger partial charge in [-0.2, -0.15) is 0 Å². The van der Waals surface area contributed by atoms with E-state index in [4.69, 9.17) is 4.74 Å². The highest BCUT2D eigenvalue weighted by Gasteiger charge is 2.42. The van der Waals surface area contributed by atoms with Crippen LogP contribution in [-0.2, 0) is 11.2 Å². The van der Waals surface area contributed by atoms with Crippen LogP contribution in [0.2, 0.25) is 0 Å². The Hall–Kier alpha value is -2.69. The number of fused-ring (bicyclic) bond motifs is 3. The molecule has 2 aromatic carbocycles. The SMILES string of the molecule is COc1ccc2c(c1)N1CCN(c3ccccc3)C[C@@H]1[C@@H](C(=O)NC1CC1)C2. The van der Waals surface area contributed by atoms with Crippen LogP contribution in [0.1, 0.15) is 18.4 Å². The molecule has 1 saturated carbocycles. The number of nitrogens with zero attached hydrogens (tertiary/aromatic N) is 2. The molecule has 1 aliphatic carbocycles. The first-order chi connectivity index (χ1) is 13.7. The van der Waals surface area contributed by atoms with Crippen LogP contribution in [-0.4, -0.2) is 44.7 Å². The highest BCUT2D eigenvalue weighted by molar-refractivity contribution is 5.83. The van der Waals surface area contributed by atoms with E-state index in [1.165, 1.54) is 16.9 Å². The summed E-state index contributed by atoms with van der Waals surface area (Å²) in [6, 6.07) is 17.4. The number of benzene rings is 2. The number of carbonyl (C=O) groups excluding carboxylic acids is 1. The van der Waals surface area contributed by atoms with Crippen molar-refractivity contribution < 1.29 is 9.53 Å². The monoisotopic (exact) mass is 377 g/mol. The third kappa shape index (κ3) is 3.19. The third-order valence-corrected chi connectivity index (χ3v) is 6.31. The van der Waals surface area contributed by atoms with Gasteiger partial charge in [-0.1, -0.05) is 24.3 Å². The van der Waals surface area contributed by atoms with Crippen molar-refractivity contribution in [2.24, 2.45) is 5.92 Å². The fourth-order valence-electron chi connectivity index (χ4n) is 4.61. The Morgan fingerprint density at radius 1 is 1.11 bits per heavy atom. The number of para-hydroxylation sites is 1. The topological polar surface area (TPSA) is 44.8 Å². The zero-order valence-corrected chi connectivity index (χ0v) is 16.3. The van der Waals surface area contributed by atoms with E-state index < -0.39 is 0 Å². The first-order valence-electron chi connectivity index (χ1n) is 10.3. The summed E-state index contributed by atoms with van der Waals surface area (Å²) >= 11 is 0. The number of methoxy groups -OCH3 is 1. The van der Waals surface area contributed by atoms with Gasteiger partial charge in [0.05, 0.1) is 19.1 Å². The molecule has 2 fully saturated rings. The first-order valence-corrected chi connectivity index (χ1v) is 10.3. The summed E-state index contributed by atoms with van der Waals surface area (Å²) in [5, 5.41) is 3.26. The molecule has 0 aromatic heterocycles. The lowest BCUT2D eigenvalue weighted by atomic mass is 9.83. The molecule has 5 nitrogen and oxygen atoms in total. The van der Waals surface area contributed by atoms with Crippen LogP contribution in [0.15, 0.2) is 48.5 Å². The average molecular weight is 377 g/mol. The quantitative estimate of drug-likeness (QED) is 0.890. The van der Waals surface area contributed by atoms with E-state index >= 15 is 0 Å². The summed E-state index contributed by atoms with van der Waals surface area (Å²) in [5.41, 5.74) is 3.72. The molecule has 28 heavy (non-hydrogen) atoms. The van der Waals surface area contributed by atoms with Gasteiger partial charge in [-0.25, -0.2) is 0 Å². The average Bonchev–Trinajstić information content (AvgIpc) is 3.57. The second-order valence-electron chi connectivity index (χ2n) is 8.13. The smallest absolute Gasteiger partial charge is 0.225 e. The van der Waals surface area contributed by atoms with Gasteiger partial charge >= 0.3 is 0 Å². The van der Waals surface area contributed by atoms with E-state index in [1.807, 2.05) is 6.07 Å². The van der Waals surface area contributed by atoms with Crippen LogP contribution in [0.4, 0.5) is 11.4 Å². The van der Waals surface area contributed by atoms with Gasteiger partial charge in [0, 0.05) is 43.1 Å². The fourth-order valence-corrected chi connectivity index (χ4v) is 4.61. The van der Waals surface area contributed by atoms with E-state index in [2.05, 4.69) is 57.6 Å². The predicted molar refractivity (Wildman–Crippen MR) is 111 cm³/mol. The maximum Gasteiger partial charge on any atom is 0.225 e. The molecule has 2 heterocycles. The summed E-state index contributed by atoms with van der Waals surface area (Å²) in [6.07, 6.45) is 3.04. The van der Waals surface area contributed by atoms with Gasteiger partial charge < -0.3 is 19.9 Å². The standard InChI is InChI=1S/C23H27N3O2/c1-28-19-10-7-16-13-20(23(27)24-17-8-9-17)22-15-25(18-5-3-2-4-6-18)11-12-26(22)21(16)14-19/h2-7,10,14,17,20,22H,8-9,11-13,15H2,1H3,(H,24,27)/t20-,22+/m0/s1. The van der Waals surface area contributed by atoms with Crippen molar-refractivity contribution in [2.75, 3.05) is 36.5 Å². The number of piperazine rings is 1. The molecule has 0 bridgehead atoms. The zero-order chi connectivity index (χ0) is 19.1. The van der Waals surface area contributed by atoms with Crippen molar-refractivity contribution in [1.82, 2.24) is 5.32 Å². The number of ether oxygens (including phenoxy) is 1. The van der Waals surface area contributed by atoms with E-state index in [-0.39, 0.29) is 17.9 Å². The maximum atomic E-state index is 13.1. The van der Waals surface area contributed by atoms with Gasteiger partial charge in [0.25, 0.3) is 0 Å². The lowest BCUT2D eigenvalue weighted by Crippen LogP contribution is -2.61. The number of carbonyl (C=O) groups is 1. The molecule has 2 aliphatic heterocycles. The molecule has 146 valence electrons. The van der Waals surface area contributed by atoms with Gasteiger partial charge in [0.2, 0.25) is 5.91 Å². The number of rotatable bonds is 4. The highest BCUT2D eigenvalue weighted by atomic mass is 16.5. The Morgan fingerprint density at radius 2 is 1.93 bits per heavy atom. The molecule has 3 aliphatic rings. The fraction of sp³-hybridized carbons (Fsp3) is 0.435. The maximum absolute atomic E-state index is 13.1.